The van der Waals surface area contributed by atoms with Gasteiger partial charge in [0.15, 0.2) is 0 Å². The molecule has 1 aliphatic heterocycles. The Bertz CT molecular complexity index is 482. The summed E-state index contributed by atoms with van der Waals surface area (Å²) in [5, 5.41) is 0. The van der Waals surface area contributed by atoms with Gasteiger partial charge < -0.3 is 15.4 Å². The Balaban J connectivity index is 1.68. The fourth-order valence-corrected chi connectivity index (χ4v) is 3.04. The van der Waals surface area contributed by atoms with Crippen molar-refractivity contribution in [3.8, 4) is 0 Å². The molecule has 0 aliphatic carbocycles. The van der Waals surface area contributed by atoms with E-state index in [9.17, 15) is 4.79 Å². The van der Waals surface area contributed by atoms with Crippen LogP contribution in [0, 0.1) is 5.92 Å². The highest BCUT2D eigenvalue weighted by molar-refractivity contribution is 5.81. The van der Waals surface area contributed by atoms with E-state index in [-0.39, 0.29) is 5.91 Å². The summed E-state index contributed by atoms with van der Waals surface area (Å²) in [5.41, 5.74) is 7.36. The van der Waals surface area contributed by atoms with Gasteiger partial charge in [0, 0.05) is 19.7 Å². The zero-order valence-electron chi connectivity index (χ0n) is 15.1. The minimum atomic E-state index is -0.399. The third-order valence-corrected chi connectivity index (χ3v) is 4.71. The van der Waals surface area contributed by atoms with Crippen LogP contribution >= 0.6 is 0 Å². The summed E-state index contributed by atoms with van der Waals surface area (Å²) in [7, 11) is 0. The van der Waals surface area contributed by atoms with E-state index in [1.54, 1.807) is 0 Å². The molecule has 24 heavy (non-hydrogen) atoms. The molecule has 1 aromatic carbocycles. The molecule has 2 N–H and O–H groups in total. The number of ether oxygens (including phenoxy) is 1. The molecular formula is C20H32N2O2. The number of carbonyl (C=O) groups is 1. The number of nitrogens with zero attached hydrogens (tertiary/aromatic N) is 1. The lowest BCUT2D eigenvalue weighted by Crippen LogP contribution is -2.48. The van der Waals surface area contributed by atoms with Crippen LogP contribution in [-0.4, -0.2) is 42.6 Å². The molecule has 0 unspecified atom stereocenters. The number of benzene rings is 1. The number of piperidine rings is 1. The summed E-state index contributed by atoms with van der Waals surface area (Å²) >= 11 is 0. The SMILES string of the molecule is CC(C)CCOC1CCN(C(=O)[C@@H](N)CCc2ccccc2)CC1. The Kier molecular flexibility index (Phi) is 7.73. The molecule has 1 fully saturated rings. The van der Waals surface area contributed by atoms with Gasteiger partial charge in [-0.05, 0) is 43.6 Å². The van der Waals surface area contributed by atoms with Crippen LogP contribution in [0.2, 0.25) is 0 Å². The first-order valence-corrected chi connectivity index (χ1v) is 9.26. The van der Waals surface area contributed by atoms with E-state index in [1.165, 1.54) is 5.56 Å². The highest BCUT2D eigenvalue weighted by Crippen LogP contribution is 2.16. The van der Waals surface area contributed by atoms with Crippen LogP contribution in [0.15, 0.2) is 30.3 Å². The number of hydrogen-bond acceptors (Lipinski definition) is 3. The fraction of sp³-hybridized carbons (Fsp3) is 0.650. The maximum Gasteiger partial charge on any atom is 0.239 e. The molecule has 1 amide bonds. The molecule has 1 aliphatic rings. The van der Waals surface area contributed by atoms with E-state index in [0.29, 0.717) is 18.4 Å². The standard InChI is InChI=1S/C20H32N2O2/c1-16(2)12-15-24-18-10-13-22(14-11-18)20(23)19(21)9-8-17-6-4-3-5-7-17/h3-7,16,18-19H,8-15,21H2,1-2H3/t19-/m0/s1. The maximum absolute atomic E-state index is 12.5. The van der Waals surface area contributed by atoms with E-state index < -0.39 is 6.04 Å². The highest BCUT2D eigenvalue weighted by atomic mass is 16.5. The van der Waals surface area contributed by atoms with E-state index >= 15 is 0 Å². The molecule has 1 aromatic rings. The van der Waals surface area contributed by atoms with E-state index in [4.69, 9.17) is 10.5 Å². The van der Waals surface area contributed by atoms with Crippen LogP contribution in [0.5, 0.6) is 0 Å². The molecule has 0 saturated carbocycles. The van der Waals surface area contributed by atoms with E-state index in [0.717, 1.165) is 45.4 Å². The summed E-state index contributed by atoms with van der Waals surface area (Å²) in [6, 6.07) is 9.80. The molecule has 4 nitrogen and oxygen atoms in total. The van der Waals surface area contributed by atoms with Gasteiger partial charge >= 0.3 is 0 Å². The lowest BCUT2D eigenvalue weighted by atomic mass is 10.0. The van der Waals surface area contributed by atoms with Crippen molar-refractivity contribution < 1.29 is 9.53 Å². The molecule has 1 atom stereocenters. The van der Waals surface area contributed by atoms with Crippen molar-refractivity contribution in [2.24, 2.45) is 11.7 Å². The second-order valence-electron chi connectivity index (χ2n) is 7.21. The first kappa shape index (κ1) is 18.9. The van der Waals surface area contributed by atoms with Gasteiger partial charge in [-0.25, -0.2) is 0 Å². The third kappa shape index (κ3) is 6.25. The van der Waals surface area contributed by atoms with Crippen LogP contribution < -0.4 is 5.73 Å². The lowest BCUT2D eigenvalue weighted by molar-refractivity contribution is -0.135. The van der Waals surface area contributed by atoms with E-state index in [2.05, 4.69) is 26.0 Å². The predicted octanol–water partition coefficient (Wildman–Crippen LogP) is 3.00. The first-order chi connectivity index (χ1) is 11.6. The van der Waals surface area contributed by atoms with Gasteiger partial charge in [-0.3, -0.25) is 4.79 Å². The number of aryl methyl sites for hydroxylation is 1. The molecule has 2 rings (SSSR count). The normalized spacial score (nSPS) is 17.2. The van der Waals surface area contributed by atoms with Crippen molar-refractivity contribution in [1.29, 1.82) is 0 Å². The minimum absolute atomic E-state index is 0.0894. The number of carbonyl (C=O) groups excluding carboxylic acids is 1. The van der Waals surface area contributed by atoms with Crippen molar-refractivity contribution >= 4 is 5.91 Å². The second kappa shape index (κ2) is 9.80. The third-order valence-electron chi connectivity index (χ3n) is 4.71. The highest BCUT2D eigenvalue weighted by Gasteiger charge is 2.26. The quantitative estimate of drug-likeness (QED) is 0.796. The van der Waals surface area contributed by atoms with Gasteiger partial charge in [-0.15, -0.1) is 0 Å². The summed E-state index contributed by atoms with van der Waals surface area (Å²) in [6.45, 7) is 6.78. The molecular weight excluding hydrogens is 300 g/mol. The van der Waals surface area contributed by atoms with Crippen LogP contribution in [0.1, 0.15) is 45.1 Å². The van der Waals surface area contributed by atoms with Gasteiger partial charge in [0.2, 0.25) is 5.91 Å². The van der Waals surface area contributed by atoms with Crippen LogP contribution in [0.25, 0.3) is 0 Å². The molecule has 4 heteroatoms. The fourth-order valence-electron chi connectivity index (χ4n) is 3.04. The van der Waals surface area contributed by atoms with Crippen molar-refractivity contribution in [1.82, 2.24) is 4.90 Å². The largest absolute Gasteiger partial charge is 0.378 e. The van der Waals surface area contributed by atoms with Gasteiger partial charge in [-0.2, -0.15) is 0 Å². The Hall–Kier alpha value is -1.39. The smallest absolute Gasteiger partial charge is 0.239 e. The van der Waals surface area contributed by atoms with Gasteiger partial charge in [0.25, 0.3) is 0 Å². The molecule has 0 radical (unpaired) electrons. The number of likely N-dealkylation sites (tertiary alicyclic amines) is 1. The average Bonchev–Trinajstić information content (AvgIpc) is 2.60. The van der Waals surface area contributed by atoms with Crippen LogP contribution in [0.4, 0.5) is 0 Å². The average molecular weight is 332 g/mol. The molecule has 1 heterocycles. The topological polar surface area (TPSA) is 55.6 Å². The zero-order valence-corrected chi connectivity index (χ0v) is 15.1. The number of amides is 1. The van der Waals surface area contributed by atoms with Crippen molar-refractivity contribution in [2.75, 3.05) is 19.7 Å². The maximum atomic E-state index is 12.5. The molecule has 0 spiro atoms. The zero-order chi connectivity index (χ0) is 17.4. The number of hydrogen-bond donors (Lipinski definition) is 1. The minimum Gasteiger partial charge on any atom is -0.378 e. The first-order valence-electron chi connectivity index (χ1n) is 9.26. The predicted molar refractivity (Wildman–Crippen MR) is 97.7 cm³/mol. The van der Waals surface area contributed by atoms with E-state index in [1.807, 2.05) is 23.1 Å². The van der Waals surface area contributed by atoms with Crippen LogP contribution in [0.3, 0.4) is 0 Å². The van der Waals surface area contributed by atoms with Gasteiger partial charge in [0.05, 0.1) is 12.1 Å². The van der Waals surface area contributed by atoms with Crippen molar-refractivity contribution in [2.45, 2.75) is 58.1 Å². The van der Waals surface area contributed by atoms with Gasteiger partial charge in [-0.1, -0.05) is 44.2 Å². The second-order valence-corrected chi connectivity index (χ2v) is 7.21. The number of rotatable bonds is 8. The molecule has 1 saturated heterocycles. The Morgan fingerprint density at radius 2 is 1.88 bits per heavy atom. The summed E-state index contributed by atoms with van der Waals surface area (Å²) < 4.78 is 5.92. The monoisotopic (exact) mass is 332 g/mol. The molecule has 0 bridgehead atoms. The summed E-state index contributed by atoms with van der Waals surface area (Å²) in [4.78, 5) is 14.4. The molecule has 0 aromatic heterocycles. The number of nitrogens with two attached hydrogens (primary N) is 1. The Morgan fingerprint density at radius 3 is 2.50 bits per heavy atom. The van der Waals surface area contributed by atoms with Crippen molar-refractivity contribution in [3.63, 3.8) is 0 Å². The summed E-state index contributed by atoms with van der Waals surface area (Å²) in [5.74, 6) is 0.765. The Labute approximate surface area is 146 Å². The summed E-state index contributed by atoms with van der Waals surface area (Å²) in [6.07, 6.45) is 4.80. The van der Waals surface area contributed by atoms with Crippen molar-refractivity contribution in [3.05, 3.63) is 35.9 Å². The molecule has 134 valence electrons. The van der Waals surface area contributed by atoms with Gasteiger partial charge in [0.1, 0.15) is 0 Å². The van der Waals surface area contributed by atoms with Crippen LogP contribution in [-0.2, 0) is 16.0 Å². The lowest BCUT2D eigenvalue weighted by Gasteiger charge is -2.33. The Morgan fingerprint density at radius 1 is 1.21 bits per heavy atom.